The third-order valence-electron chi connectivity index (χ3n) is 3.79. The number of alkyl halides is 3. The van der Waals surface area contributed by atoms with Gasteiger partial charge in [-0.2, -0.15) is 13.2 Å². The summed E-state index contributed by atoms with van der Waals surface area (Å²) < 4.78 is 36.0. The summed E-state index contributed by atoms with van der Waals surface area (Å²) in [4.78, 5) is 39.6. The first kappa shape index (κ1) is 32.9. The highest BCUT2D eigenvalue weighted by atomic mass is 19.4. The molecule has 1 aromatic carbocycles. The fourth-order valence-electron chi connectivity index (χ4n) is 2.04. The van der Waals surface area contributed by atoms with Crippen molar-refractivity contribution in [3.8, 4) is 0 Å². The first-order chi connectivity index (χ1) is 15.6. The number of halogens is 3. The van der Waals surface area contributed by atoms with Crippen LogP contribution in [0.25, 0.3) is 0 Å². The van der Waals surface area contributed by atoms with Crippen molar-refractivity contribution in [1.29, 1.82) is 0 Å². The summed E-state index contributed by atoms with van der Waals surface area (Å²) in [6.45, 7) is 2.43. The molecule has 34 heavy (non-hydrogen) atoms. The molecule has 1 aliphatic rings. The number of methoxy groups -OCH3 is 1. The molecule has 1 aromatic rings. The Morgan fingerprint density at radius 1 is 1.12 bits per heavy atom. The van der Waals surface area contributed by atoms with Crippen molar-refractivity contribution in [2.75, 3.05) is 13.7 Å². The molecule has 1 aliphatic heterocycles. The molecule has 0 aromatic heterocycles. The van der Waals surface area contributed by atoms with E-state index in [9.17, 15) is 27.6 Å². The fraction of sp³-hybridized carbons (Fsp3) is 0.500. The molecule has 0 unspecified atom stereocenters. The van der Waals surface area contributed by atoms with E-state index in [-0.39, 0.29) is 12.0 Å². The number of hydrogen-bond donors (Lipinski definition) is 6. The third kappa shape index (κ3) is 17.3. The molecular formula is C20H30F3N3O8. The number of esters is 1. The molecule has 0 radical (unpaired) electrons. The lowest BCUT2D eigenvalue weighted by Gasteiger charge is -2.04. The number of ether oxygens (including phenoxy) is 1. The van der Waals surface area contributed by atoms with E-state index >= 15 is 0 Å². The number of hydrogen-bond acceptors (Lipinski definition) is 8. The molecule has 0 saturated carbocycles. The monoisotopic (exact) mass is 497 g/mol. The Balaban J connectivity index is 0. The zero-order valence-corrected chi connectivity index (χ0v) is 18.6. The maximum atomic E-state index is 10.6. The summed E-state index contributed by atoms with van der Waals surface area (Å²) in [6, 6.07) is 7.78. The van der Waals surface area contributed by atoms with Crippen molar-refractivity contribution < 1.29 is 52.4 Å². The average Bonchev–Trinajstić information content (AvgIpc) is 3.30. The topological polar surface area (TPSA) is 202 Å². The molecule has 0 aliphatic carbocycles. The van der Waals surface area contributed by atoms with Gasteiger partial charge in [0.25, 0.3) is 0 Å². The van der Waals surface area contributed by atoms with Crippen molar-refractivity contribution in [3.05, 3.63) is 35.9 Å². The number of carboxylic acid groups (broad SMARTS) is 3. The molecule has 1 heterocycles. The van der Waals surface area contributed by atoms with Gasteiger partial charge in [-0.15, -0.1) is 0 Å². The van der Waals surface area contributed by atoms with E-state index in [0.29, 0.717) is 6.42 Å². The van der Waals surface area contributed by atoms with Crippen LogP contribution in [0.2, 0.25) is 0 Å². The van der Waals surface area contributed by atoms with Crippen molar-refractivity contribution in [2.45, 2.75) is 50.5 Å². The number of carbonyl (C=O) groups excluding carboxylic acids is 1. The number of carbonyl (C=O) groups is 4. The molecule has 8 N–H and O–H groups in total. The van der Waals surface area contributed by atoms with Crippen LogP contribution in [0.4, 0.5) is 13.2 Å². The molecule has 194 valence electrons. The largest absolute Gasteiger partial charge is 0.490 e. The number of benzene rings is 1. The fourth-order valence-corrected chi connectivity index (χ4v) is 2.04. The van der Waals surface area contributed by atoms with E-state index in [1.807, 2.05) is 30.3 Å². The normalized spacial score (nSPS) is 16.0. The van der Waals surface area contributed by atoms with Crippen LogP contribution in [-0.2, 0) is 30.3 Å². The molecule has 0 spiro atoms. The zero-order chi connectivity index (χ0) is 26.9. The van der Waals surface area contributed by atoms with Crippen LogP contribution in [-0.4, -0.2) is 77.2 Å². The second-order valence-corrected chi connectivity index (χ2v) is 6.74. The molecule has 1 fully saturated rings. The average molecular weight is 497 g/mol. The van der Waals surface area contributed by atoms with Gasteiger partial charge >= 0.3 is 30.1 Å². The Labute approximate surface area is 193 Å². The number of rotatable bonds is 5. The number of nitrogens with two attached hydrogens (primary N) is 2. The van der Waals surface area contributed by atoms with Gasteiger partial charge in [-0.25, -0.2) is 4.79 Å². The summed E-state index contributed by atoms with van der Waals surface area (Å²) in [6.07, 6.45) is -2.91. The first-order valence-corrected chi connectivity index (χ1v) is 9.75. The predicted molar refractivity (Wildman–Crippen MR) is 114 cm³/mol. The van der Waals surface area contributed by atoms with Gasteiger partial charge in [0.15, 0.2) is 0 Å². The second-order valence-electron chi connectivity index (χ2n) is 6.74. The van der Waals surface area contributed by atoms with Crippen molar-refractivity contribution >= 4 is 23.9 Å². The molecule has 11 nitrogen and oxygen atoms in total. The van der Waals surface area contributed by atoms with Gasteiger partial charge < -0.3 is 36.8 Å². The molecular weight excluding hydrogens is 467 g/mol. The predicted octanol–water partition coefficient (Wildman–Crippen LogP) is 0.604. The van der Waals surface area contributed by atoms with Gasteiger partial charge in [0.05, 0.1) is 7.11 Å². The Morgan fingerprint density at radius 3 is 1.85 bits per heavy atom. The summed E-state index contributed by atoms with van der Waals surface area (Å²) in [5.74, 6) is -4.81. The molecule has 3 atom stereocenters. The highest BCUT2D eigenvalue weighted by Crippen LogP contribution is 2.13. The lowest BCUT2D eigenvalue weighted by atomic mass is 10.1. The maximum absolute atomic E-state index is 10.6. The van der Waals surface area contributed by atoms with E-state index in [4.69, 9.17) is 31.6 Å². The lowest BCUT2D eigenvalue weighted by Crippen LogP contribution is -2.32. The van der Waals surface area contributed by atoms with Gasteiger partial charge in [0, 0.05) is 0 Å². The first-order valence-electron chi connectivity index (χ1n) is 9.75. The standard InChI is InChI=1S/C9H11NO2.C5H9NO2.C4H9NO2.C2HF3O2/c10-8(9(11)12)6-7-4-2-1-3-5-7;7-5(8)4-2-1-3-6-4;1-3(5)4(6)7-2;3-2(4,5)1(6)7/h1-5,8H,6,10H2,(H,11,12);4,6H,1-3H2,(H,7,8);3H,5H2,1-2H3;(H,6,7)/t8-;4-;3-;/m000./s1. The van der Waals surface area contributed by atoms with Gasteiger partial charge in [0.1, 0.15) is 18.1 Å². The smallest absolute Gasteiger partial charge is 0.480 e. The van der Waals surface area contributed by atoms with E-state index in [2.05, 4.69) is 10.1 Å². The van der Waals surface area contributed by atoms with Crippen LogP contribution in [0.15, 0.2) is 30.3 Å². The zero-order valence-electron chi connectivity index (χ0n) is 18.6. The number of nitrogens with one attached hydrogen (secondary N) is 1. The molecule has 0 bridgehead atoms. The van der Waals surface area contributed by atoms with Crippen molar-refractivity contribution in [2.24, 2.45) is 11.5 Å². The lowest BCUT2D eigenvalue weighted by molar-refractivity contribution is -0.192. The summed E-state index contributed by atoms with van der Waals surface area (Å²) in [5, 5.41) is 26.9. The highest BCUT2D eigenvalue weighted by molar-refractivity contribution is 5.75. The minimum absolute atomic E-state index is 0.269. The SMILES string of the molecule is COC(=O)[C@H](C)N.N[C@@H](Cc1ccccc1)C(=O)O.O=C(O)C(F)(F)F.O=C(O)[C@@H]1CCCN1. The van der Waals surface area contributed by atoms with Crippen LogP contribution < -0.4 is 16.8 Å². The Hall–Kier alpha value is -3.23. The van der Waals surface area contributed by atoms with Crippen LogP contribution >= 0.6 is 0 Å². The summed E-state index contributed by atoms with van der Waals surface area (Å²) in [5.41, 5.74) is 11.4. The van der Waals surface area contributed by atoms with Gasteiger partial charge in [-0.3, -0.25) is 14.4 Å². The Morgan fingerprint density at radius 2 is 1.62 bits per heavy atom. The Kier molecular flexibility index (Phi) is 16.7. The van der Waals surface area contributed by atoms with Gasteiger partial charge in [-0.1, -0.05) is 30.3 Å². The molecule has 2 rings (SSSR count). The van der Waals surface area contributed by atoms with E-state index in [0.717, 1.165) is 24.9 Å². The Bertz CT molecular complexity index is 753. The van der Waals surface area contributed by atoms with Crippen molar-refractivity contribution in [1.82, 2.24) is 5.32 Å². The minimum Gasteiger partial charge on any atom is -0.480 e. The van der Waals surface area contributed by atoms with E-state index < -0.39 is 36.2 Å². The van der Waals surface area contributed by atoms with Gasteiger partial charge in [-0.05, 0) is 38.3 Å². The van der Waals surface area contributed by atoms with Crippen LogP contribution in [0.5, 0.6) is 0 Å². The molecule has 0 amide bonds. The number of carboxylic acids is 3. The molecule has 14 heteroatoms. The second kappa shape index (κ2) is 17.3. The maximum Gasteiger partial charge on any atom is 0.490 e. The van der Waals surface area contributed by atoms with Gasteiger partial charge in [0.2, 0.25) is 0 Å². The van der Waals surface area contributed by atoms with E-state index in [1.165, 1.54) is 7.11 Å². The van der Waals surface area contributed by atoms with Crippen molar-refractivity contribution in [3.63, 3.8) is 0 Å². The van der Waals surface area contributed by atoms with Crippen LogP contribution in [0.1, 0.15) is 25.3 Å². The molecule has 1 saturated heterocycles. The highest BCUT2D eigenvalue weighted by Gasteiger charge is 2.38. The van der Waals surface area contributed by atoms with Crippen LogP contribution in [0.3, 0.4) is 0 Å². The minimum atomic E-state index is -5.08. The third-order valence-corrected chi connectivity index (χ3v) is 3.79. The summed E-state index contributed by atoms with van der Waals surface area (Å²) in [7, 11) is 1.31. The quantitative estimate of drug-likeness (QED) is 0.311. The van der Waals surface area contributed by atoms with E-state index in [1.54, 1.807) is 6.92 Å². The number of aliphatic carboxylic acids is 3. The van der Waals surface area contributed by atoms with Crippen LogP contribution in [0, 0.1) is 0 Å². The summed E-state index contributed by atoms with van der Waals surface area (Å²) >= 11 is 0.